The Kier molecular flexibility index (Phi) is 4.26. The van der Waals surface area contributed by atoms with Gasteiger partial charge in [0, 0.05) is 12.2 Å². The molecule has 2 aromatic carbocycles. The van der Waals surface area contributed by atoms with Gasteiger partial charge < -0.3 is 11.1 Å². The topological polar surface area (TPSA) is 84.2 Å². The summed E-state index contributed by atoms with van der Waals surface area (Å²) in [4.78, 5) is 0.228. The number of nitrogens with one attached hydrogen (secondary N) is 2. The maximum absolute atomic E-state index is 11.9. The molecule has 0 radical (unpaired) electrons. The van der Waals surface area contributed by atoms with E-state index in [1.165, 1.54) is 7.05 Å². The van der Waals surface area contributed by atoms with Crippen molar-refractivity contribution in [1.82, 2.24) is 4.72 Å². The predicted molar refractivity (Wildman–Crippen MR) is 80.9 cm³/mol. The number of nitrogen functional groups attached to an aromatic ring is 1. The number of hydrogen-bond acceptors (Lipinski definition) is 4. The smallest absolute Gasteiger partial charge is 0.242 e. The van der Waals surface area contributed by atoms with Crippen molar-refractivity contribution in [3.63, 3.8) is 0 Å². The lowest BCUT2D eigenvalue weighted by Crippen LogP contribution is -2.20. The summed E-state index contributed by atoms with van der Waals surface area (Å²) < 4.78 is 26.1. The molecule has 5 nitrogen and oxygen atoms in total. The first kappa shape index (κ1) is 14.4. The number of anilines is 2. The van der Waals surface area contributed by atoms with Crippen LogP contribution in [-0.2, 0) is 16.6 Å². The molecule has 106 valence electrons. The Morgan fingerprint density at radius 1 is 1.10 bits per heavy atom. The molecule has 20 heavy (non-hydrogen) atoms. The van der Waals surface area contributed by atoms with Crippen LogP contribution >= 0.6 is 0 Å². The number of para-hydroxylation sites is 1. The van der Waals surface area contributed by atoms with Gasteiger partial charge in [0.2, 0.25) is 10.0 Å². The summed E-state index contributed by atoms with van der Waals surface area (Å²) in [6, 6.07) is 14.2. The van der Waals surface area contributed by atoms with E-state index in [0.29, 0.717) is 17.9 Å². The van der Waals surface area contributed by atoms with Gasteiger partial charge in [-0.05, 0) is 36.9 Å². The van der Waals surface area contributed by atoms with Crippen molar-refractivity contribution in [3.8, 4) is 0 Å². The van der Waals surface area contributed by atoms with Gasteiger partial charge in [0.15, 0.2) is 0 Å². The van der Waals surface area contributed by atoms with Crippen molar-refractivity contribution in [2.45, 2.75) is 11.4 Å². The van der Waals surface area contributed by atoms with E-state index in [4.69, 9.17) is 5.73 Å². The maximum Gasteiger partial charge on any atom is 0.242 e. The second kappa shape index (κ2) is 5.94. The third-order valence-electron chi connectivity index (χ3n) is 2.88. The van der Waals surface area contributed by atoms with Gasteiger partial charge >= 0.3 is 0 Å². The van der Waals surface area contributed by atoms with Crippen LogP contribution in [0.5, 0.6) is 0 Å². The van der Waals surface area contributed by atoms with Crippen molar-refractivity contribution >= 4 is 21.4 Å². The number of sulfonamides is 1. The third kappa shape index (κ3) is 3.28. The van der Waals surface area contributed by atoms with Crippen LogP contribution in [0.25, 0.3) is 0 Å². The lowest BCUT2D eigenvalue weighted by Gasteiger charge is -2.12. The minimum atomic E-state index is -3.48. The summed E-state index contributed by atoms with van der Waals surface area (Å²) in [6.45, 7) is 0.501. The molecular weight excluding hydrogens is 274 g/mol. The van der Waals surface area contributed by atoms with E-state index >= 15 is 0 Å². The average Bonchev–Trinajstić information content (AvgIpc) is 2.45. The highest BCUT2D eigenvalue weighted by atomic mass is 32.2. The zero-order chi connectivity index (χ0) is 14.6. The van der Waals surface area contributed by atoms with E-state index in [9.17, 15) is 8.42 Å². The van der Waals surface area contributed by atoms with Crippen molar-refractivity contribution in [3.05, 3.63) is 54.1 Å². The van der Waals surface area contributed by atoms with Crippen molar-refractivity contribution < 1.29 is 8.42 Å². The lowest BCUT2D eigenvalue weighted by molar-refractivity contribution is 0.588. The molecule has 0 bridgehead atoms. The van der Waals surface area contributed by atoms with Gasteiger partial charge in [-0.25, -0.2) is 13.1 Å². The fourth-order valence-electron chi connectivity index (χ4n) is 1.86. The molecule has 0 atom stereocenters. The molecule has 0 aliphatic heterocycles. The van der Waals surface area contributed by atoms with Crippen LogP contribution in [0.1, 0.15) is 5.56 Å². The highest BCUT2D eigenvalue weighted by molar-refractivity contribution is 7.89. The van der Waals surface area contributed by atoms with Crippen molar-refractivity contribution in [2.24, 2.45) is 0 Å². The fraction of sp³-hybridized carbons (Fsp3) is 0.143. The Bertz CT molecular complexity index is 699. The van der Waals surface area contributed by atoms with Gasteiger partial charge in [0.1, 0.15) is 4.90 Å². The normalized spacial score (nSPS) is 11.2. The predicted octanol–water partition coefficient (Wildman–Crippen LogP) is 1.79. The molecule has 4 N–H and O–H groups in total. The minimum Gasteiger partial charge on any atom is -0.399 e. The molecule has 2 aromatic rings. The van der Waals surface area contributed by atoms with Crippen LogP contribution < -0.4 is 15.8 Å². The van der Waals surface area contributed by atoms with Crippen LogP contribution in [0, 0.1) is 0 Å². The van der Waals surface area contributed by atoms with E-state index in [-0.39, 0.29) is 4.90 Å². The molecule has 0 aliphatic carbocycles. The Hall–Kier alpha value is -2.05. The van der Waals surface area contributed by atoms with Crippen LogP contribution in [-0.4, -0.2) is 15.5 Å². The Labute approximate surface area is 118 Å². The second-order valence-electron chi connectivity index (χ2n) is 4.30. The SMILES string of the molecule is CNS(=O)(=O)c1ccccc1NCc1cccc(N)c1. The lowest BCUT2D eigenvalue weighted by atomic mass is 10.2. The van der Waals surface area contributed by atoms with Crippen LogP contribution in [0.4, 0.5) is 11.4 Å². The number of nitrogens with two attached hydrogens (primary N) is 1. The molecule has 0 spiro atoms. The van der Waals surface area contributed by atoms with Gasteiger partial charge in [0.05, 0.1) is 5.69 Å². The second-order valence-corrected chi connectivity index (χ2v) is 6.16. The fourth-order valence-corrected chi connectivity index (χ4v) is 2.76. The van der Waals surface area contributed by atoms with E-state index in [2.05, 4.69) is 10.0 Å². The zero-order valence-corrected chi connectivity index (χ0v) is 11.9. The highest BCUT2D eigenvalue weighted by Gasteiger charge is 2.15. The molecule has 0 unspecified atom stereocenters. The zero-order valence-electron chi connectivity index (χ0n) is 11.1. The van der Waals surface area contributed by atoms with E-state index in [0.717, 1.165) is 5.56 Å². The van der Waals surface area contributed by atoms with Gasteiger partial charge in [-0.2, -0.15) is 0 Å². The van der Waals surface area contributed by atoms with Crippen molar-refractivity contribution in [1.29, 1.82) is 0 Å². The molecule has 0 aliphatic rings. The molecule has 0 saturated carbocycles. The Balaban J connectivity index is 2.22. The van der Waals surface area contributed by atoms with Crippen LogP contribution in [0.3, 0.4) is 0 Å². The largest absolute Gasteiger partial charge is 0.399 e. The number of benzene rings is 2. The first-order chi connectivity index (χ1) is 9.53. The van der Waals surface area contributed by atoms with Crippen LogP contribution in [0.15, 0.2) is 53.4 Å². The molecule has 0 heterocycles. The Morgan fingerprint density at radius 3 is 2.55 bits per heavy atom. The molecule has 0 fully saturated rings. The molecule has 6 heteroatoms. The van der Waals surface area contributed by atoms with Gasteiger partial charge in [-0.1, -0.05) is 24.3 Å². The summed E-state index contributed by atoms with van der Waals surface area (Å²) in [5.74, 6) is 0. The molecule has 0 aromatic heterocycles. The monoisotopic (exact) mass is 291 g/mol. The first-order valence-electron chi connectivity index (χ1n) is 6.14. The standard InChI is InChI=1S/C14H17N3O2S/c1-16-20(18,19)14-8-3-2-7-13(14)17-10-11-5-4-6-12(15)9-11/h2-9,16-17H,10,15H2,1H3. The minimum absolute atomic E-state index is 0.228. The molecular formula is C14H17N3O2S. The summed E-state index contributed by atoms with van der Waals surface area (Å²) in [5.41, 5.74) is 7.94. The third-order valence-corrected chi connectivity index (χ3v) is 4.35. The summed E-state index contributed by atoms with van der Waals surface area (Å²) in [5, 5.41) is 3.12. The molecule has 0 amide bonds. The number of rotatable bonds is 5. The average molecular weight is 291 g/mol. The van der Waals surface area contributed by atoms with E-state index < -0.39 is 10.0 Å². The van der Waals surface area contributed by atoms with Gasteiger partial charge in [0.25, 0.3) is 0 Å². The van der Waals surface area contributed by atoms with E-state index in [1.54, 1.807) is 24.3 Å². The number of hydrogen-bond donors (Lipinski definition) is 3. The summed E-state index contributed by atoms with van der Waals surface area (Å²) in [7, 11) is -2.09. The van der Waals surface area contributed by atoms with Gasteiger partial charge in [-0.15, -0.1) is 0 Å². The van der Waals surface area contributed by atoms with E-state index in [1.807, 2.05) is 24.3 Å². The molecule has 0 saturated heterocycles. The summed E-state index contributed by atoms with van der Waals surface area (Å²) in [6.07, 6.45) is 0. The summed E-state index contributed by atoms with van der Waals surface area (Å²) >= 11 is 0. The van der Waals surface area contributed by atoms with Crippen LogP contribution in [0.2, 0.25) is 0 Å². The highest BCUT2D eigenvalue weighted by Crippen LogP contribution is 2.21. The van der Waals surface area contributed by atoms with Crippen molar-refractivity contribution in [2.75, 3.05) is 18.1 Å². The first-order valence-corrected chi connectivity index (χ1v) is 7.62. The Morgan fingerprint density at radius 2 is 1.85 bits per heavy atom. The maximum atomic E-state index is 11.9. The van der Waals surface area contributed by atoms with Gasteiger partial charge in [-0.3, -0.25) is 0 Å². The quantitative estimate of drug-likeness (QED) is 0.733. The molecule has 2 rings (SSSR count).